The summed E-state index contributed by atoms with van der Waals surface area (Å²) >= 11 is 0. The van der Waals surface area contributed by atoms with Crippen LogP contribution < -0.4 is 5.32 Å². The Bertz CT molecular complexity index is 954. The Morgan fingerprint density at radius 3 is 2.70 bits per heavy atom. The van der Waals surface area contributed by atoms with Gasteiger partial charge in [-0.25, -0.2) is 14.4 Å². The number of hydrogen-bond acceptors (Lipinski definition) is 5. The number of aryl methyl sites for hydroxylation is 1. The topological polar surface area (TPSA) is 75.9 Å². The second-order valence-corrected chi connectivity index (χ2v) is 6.41. The number of benzene rings is 1. The largest absolute Gasteiger partial charge is 0.348 e. The first-order valence-electron chi connectivity index (χ1n) is 8.71. The van der Waals surface area contributed by atoms with E-state index in [1.165, 1.54) is 24.3 Å². The minimum Gasteiger partial charge on any atom is -0.348 e. The van der Waals surface area contributed by atoms with Crippen LogP contribution in [0.5, 0.6) is 0 Å². The van der Waals surface area contributed by atoms with Gasteiger partial charge in [0.1, 0.15) is 5.82 Å². The molecule has 138 valence electrons. The number of aromatic nitrogens is 4. The number of hydrogen-bond donors (Lipinski definition) is 1. The number of fused-ring (bicyclic) bond motifs is 1. The molecule has 1 amide bonds. The van der Waals surface area contributed by atoms with Crippen molar-refractivity contribution in [3.8, 4) is 0 Å². The summed E-state index contributed by atoms with van der Waals surface area (Å²) in [6.07, 6.45) is 4.09. The summed E-state index contributed by atoms with van der Waals surface area (Å²) in [7, 11) is 1.88. The molecule has 7 nitrogen and oxygen atoms in total. The van der Waals surface area contributed by atoms with Crippen LogP contribution in [-0.2, 0) is 26.6 Å². The van der Waals surface area contributed by atoms with Gasteiger partial charge in [0.25, 0.3) is 5.91 Å². The van der Waals surface area contributed by atoms with Crippen molar-refractivity contribution < 1.29 is 9.18 Å². The van der Waals surface area contributed by atoms with Crippen molar-refractivity contribution in [3.05, 3.63) is 71.1 Å². The van der Waals surface area contributed by atoms with Crippen LogP contribution in [0.4, 0.5) is 10.3 Å². The van der Waals surface area contributed by atoms with Gasteiger partial charge in [0.15, 0.2) is 0 Å². The molecule has 3 aromatic rings. The van der Waals surface area contributed by atoms with Gasteiger partial charge in [-0.05, 0) is 36.8 Å². The van der Waals surface area contributed by atoms with Crippen molar-refractivity contribution >= 4 is 11.9 Å². The molecule has 1 aromatic carbocycles. The zero-order valence-corrected chi connectivity index (χ0v) is 14.9. The lowest BCUT2D eigenvalue weighted by atomic mass is 10.0. The number of rotatable bonds is 4. The minimum absolute atomic E-state index is 0.0980. The molecule has 8 heteroatoms. The van der Waals surface area contributed by atoms with Crippen LogP contribution in [-0.4, -0.2) is 37.1 Å². The molecule has 3 heterocycles. The summed E-state index contributed by atoms with van der Waals surface area (Å²) in [6.45, 7) is 1.61. The highest BCUT2D eigenvalue weighted by Crippen LogP contribution is 2.24. The third-order valence-electron chi connectivity index (χ3n) is 4.69. The Morgan fingerprint density at radius 2 is 1.96 bits per heavy atom. The van der Waals surface area contributed by atoms with Gasteiger partial charge < -0.3 is 10.2 Å². The van der Waals surface area contributed by atoms with Crippen LogP contribution in [0.2, 0.25) is 0 Å². The first-order valence-corrected chi connectivity index (χ1v) is 8.71. The summed E-state index contributed by atoms with van der Waals surface area (Å²) in [4.78, 5) is 22.8. The smallest absolute Gasteiger partial charge is 0.254 e. The third-order valence-corrected chi connectivity index (χ3v) is 4.69. The number of carbonyl (C=O) groups is 1. The maximum atomic E-state index is 13.1. The van der Waals surface area contributed by atoms with Crippen molar-refractivity contribution in [2.24, 2.45) is 7.05 Å². The molecule has 0 aliphatic carbocycles. The van der Waals surface area contributed by atoms with E-state index in [2.05, 4.69) is 20.4 Å². The van der Waals surface area contributed by atoms with E-state index in [1.807, 2.05) is 11.7 Å². The van der Waals surface area contributed by atoms with E-state index in [4.69, 9.17) is 0 Å². The maximum Gasteiger partial charge on any atom is 0.254 e. The van der Waals surface area contributed by atoms with Gasteiger partial charge in [-0.1, -0.05) is 0 Å². The molecule has 0 atom stereocenters. The highest BCUT2D eigenvalue weighted by atomic mass is 19.1. The third kappa shape index (κ3) is 3.51. The molecule has 1 aliphatic heterocycles. The van der Waals surface area contributed by atoms with Gasteiger partial charge in [0, 0.05) is 37.1 Å². The molecule has 0 bridgehead atoms. The van der Waals surface area contributed by atoms with Crippen LogP contribution in [0, 0.1) is 5.82 Å². The summed E-state index contributed by atoms with van der Waals surface area (Å²) in [6, 6.07) is 7.42. The van der Waals surface area contributed by atoms with E-state index in [0.717, 1.165) is 23.4 Å². The van der Waals surface area contributed by atoms with Crippen LogP contribution in [0.25, 0.3) is 0 Å². The maximum absolute atomic E-state index is 13.1. The van der Waals surface area contributed by atoms with E-state index in [0.29, 0.717) is 31.1 Å². The Labute approximate surface area is 155 Å². The van der Waals surface area contributed by atoms with E-state index < -0.39 is 0 Å². The van der Waals surface area contributed by atoms with Crippen molar-refractivity contribution in [2.75, 3.05) is 11.9 Å². The lowest BCUT2D eigenvalue weighted by Gasteiger charge is -2.27. The average Bonchev–Trinajstić information content (AvgIpc) is 3.02. The van der Waals surface area contributed by atoms with E-state index >= 15 is 0 Å². The van der Waals surface area contributed by atoms with Crippen molar-refractivity contribution in [1.29, 1.82) is 0 Å². The quantitative estimate of drug-likeness (QED) is 0.766. The number of carbonyl (C=O) groups excluding carboxylic acids is 1. The number of halogens is 1. The molecule has 1 aliphatic rings. The normalized spacial score (nSPS) is 13.3. The van der Waals surface area contributed by atoms with Crippen LogP contribution in [0.15, 0.2) is 42.7 Å². The van der Waals surface area contributed by atoms with Gasteiger partial charge in [-0.2, -0.15) is 5.10 Å². The molecule has 0 saturated heterocycles. The van der Waals surface area contributed by atoms with Crippen molar-refractivity contribution in [3.63, 3.8) is 0 Å². The van der Waals surface area contributed by atoms with E-state index in [1.54, 1.807) is 23.4 Å². The highest BCUT2D eigenvalue weighted by Gasteiger charge is 2.27. The minimum atomic E-state index is -0.348. The number of anilines is 1. The fraction of sp³-hybridized carbons (Fsp3) is 0.263. The van der Waals surface area contributed by atoms with Crippen LogP contribution in [0.1, 0.15) is 27.3 Å². The Morgan fingerprint density at radius 1 is 1.22 bits per heavy atom. The molecule has 0 fully saturated rings. The molecule has 27 heavy (non-hydrogen) atoms. The predicted octanol–water partition coefficient (Wildman–Crippen LogP) is 2.16. The summed E-state index contributed by atoms with van der Waals surface area (Å²) in [5, 5.41) is 7.77. The Hall–Kier alpha value is -3.29. The zero-order chi connectivity index (χ0) is 18.8. The molecular formula is C19H19FN6O. The van der Waals surface area contributed by atoms with Gasteiger partial charge in [0.2, 0.25) is 5.95 Å². The molecule has 0 radical (unpaired) electrons. The van der Waals surface area contributed by atoms with Gasteiger partial charge in [-0.3, -0.25) is 9.48 Å². The predicted molar refractivity (Wildman–Crippen MR) is 97.4 cm³/mol. The van der Waals surface area contributed by atoms with Gasteiger partial charge in [-0.15, -0.1) is 0 Å². The Kier molecular flexibility index (Phi) is 4.53. The molecule has 0 unspecified atom stereocenters. The van der Waals surface area contributed by atoms with E-state index in [-0.39, 0.29) is 11.7 Å². The van der Waals surface area contributed by atoms with Crippen molar-refractivity contribution in [2.45, 2.75) is 19.5 Å². The second-order valence-electron chi connectivity index (χ2n) is 6.41. The van der Waals surface area contributed by atoms with Gasteiger partial charge in [0.05, 0.1) is 24.5 Å². The van der Waals surface area contributed by atoms with Crippen LogP contribution in [0.3, 0.4) is 0 Å². The molecule has 1 N–H and O–H groups in total. The first-order chi connectivity index (χ1) is 13.1. The number of nitrogens with zero attached hydrogens (tertiary/aromatic N) is 5. The monoisotopic (exact) mass is 366 g/mol. The molecular weight excluding hydrogens is 347 g/mol. The van der Waals surface area contributed by atoms with E-state index in [9.17, 15) is 9.18 Å². The second kappa shape index (κ2) is 7.14. The number of amides is 1. The lowest BCUT2D eigenvalue weighted by Crippen LogP contribution is -2.36. The summed E-state index contributed by atoms with van der Waals surface area (Å²) < 4.78 is 14.9. The van der Waals surface area contributed by atoms with Crippen LogP contribution >= 0.6 is 0 Å². The lowest BCUT2D eigenvalue weighted by molar-refractivity contribution is 0.0730. The average molecular weight is 366 g/mol. The summed E-state index contributed by atoms with van der Waals surface area (Å²) in [5.41, 5.74) is 3.60. The Balaban J connectivity index is 1.49. The van der Waals surface area contributed by atoms with Gasteiger partial charge >= 0.3 is 0 Å². The molecule has 4 rings (SSSR count). The fourth-order valence-corrected chi connectivity index (χ4v) is 3.30. The zero-order valence-electron chi connectivity index (χ0n) is 14.9. The molecule has 0 spiro atoms. The molecule has 2 aromatic heterocycles. The standard InChI is InChI=1S/C19H19FN6O/c1-25-17-12-26(18(27)13-3-5-14(20)6-4-13)10-7-15(17)16(24-25)11-23-19-21-8-2-9-22-19/h2-6,8-9H,7,10-12H2,1H3,(H,21,22,23). The number of nitrogens with one attached hydrogen (secondary N) is 1. The molecule has 0 saturated carbocycles. The SMILES string of the molecule is Cn1nc(CNc2ncccn2)c2c1CN(C(=O)c1ccc(F)cc1)CC2. The van der Waals surface area contributed by atoms with Crippen molar-refractivity contribution in [1.82, 2.24) is 24.6 Å². The summed E-state index contributed by atoms with van der Waals surface area (Å²) in [5.74, 6) is 0.110. The first kappa shape index (κ1) is 17.1. The highest BCUT2D eigenvalue weighted by molar-refractivity contribution is 5.94. The fourth-order valence-electron chi connectivity index (χ4n) is 3.30.